The normalized spacial score (nSPS) is 18.4. The van der Waals surface area contributed by atoms with Crippen LogP contribution in [0.2, 0.25) is 0 Å². The van der Waals surface area contributed by atoms with Crippen molar-refractivity contribution >= 4 is 23.6 Å². The highest BCUT2D eigenvalue weighted by atomic mass is 16.5. The van der Waals surface area contributed by atoms with Gasteiger partial charge in [-0.25, -0.2) is 0 Å². The lowest BCUT2D eigenvalue weighted by Crippen LogP contribution is -2.53. The van der Waals surface area contributed by atoms with E-state index in [9.17, 15) is 19.2 Å². The van der Waals surface area contributed by atoms with Crippen molar-refractivity contribution in [3.8, 4) is 17.2 Å². The summed E-state index contributed by atoms with van der Waals surface area (Å²) >= 11 is 0. The lowest BCUT2D eigenvalue weighted by molar-refractivity contribution is -0.136. The van der Waals surface area contributed by atoms with Crippen LogP contribution in [0.4, 0.5) is 0 Å². The number of benzene rings is 2. The van der Waals surface area contributed by atoms with Crippen LogP contribution in [0.15, 0.2) is 48.5 Å². The third kappa shape index (κ3) is 9.70. The molecule has 0 saturated carbocycles. The number of fused-ring (bicyclic) bond motifs is 1. The molecule has 2 aromatic carbocycles. The summed E-state index contributed by atoms with van der Waals surface area (Å²) in [4.78, 5) is 54.1. The molecule has 3 rings (SSSR count). The molecule has 1 aliphatic rings. The summed E-state index contributed by atoms with van der Waals surface area (Å²) in [7, 11) is 3.23. The van der Waals surface area contributed by atoms with Gasteiger partial charge in [-0.2, -0.15) is 0 Å². The minimum atomic E-state index is -1.17. The topological polar surface area (TPSA) is 135 Å². The lowest BCUT2D eigenvalue weighted by atomic mass is 10.0. The summed E-state index contributed by atoms with van der Waals surface area (Å²) in [5.41, 5.74) is 0.224. The van der Waals surface area contributed by atoms with Gasteiger partial charge in [0.25, 0.3) is 5.91 Å². The molecule has 1 heterocycles. The van der Waals surface area contributed by atoms with Gasteiger partial charge in [-0.3, -0.25) is 19.2 Å². The van der Waals surface area contributed by atoms with Crippen molar-refractivity contribution in [2.45, 2.75) is 45.2 Å². The van der Waals surface area contributed by atoms with E-state index >= 15 is 0 Å². The van der Waals surface area contributed by atoms with Crippen molar-refractivity contribution < 1.29 is 33.4 Å². The fourth-order valence-electron chi connectivity index (χ4n) is 4.29. The van der Waals surface area contributed by atoms with E-state index in [1.54, 1.807) is 62.7 Å². The minimum Gasteiger partial charge on any atom is -0.497 e. The SMILES string of the molecule is COc1ccc(OCCCNC(=O)[C@@H]2CC(=O)N[C@@H](CC(C)C)C(=O)N(C)CCOc3ccccc3C(=O)N2)cc1. The number of amides is 4. The molecular weight excluding hydrogens is 528 g/mol. The van der Waals surface area contributed by atoms with Crippen molar-refractivity contribution in [1.29, 1.82) is 0 Å². The van der Waals surface area contributed by atoms with Crippen molar-refractivity contribution in [1.82, 2.24) is 20.9 Å². The van der Waals surface area contributed by atoms with E-state index in [2.05, 4.69) is 16.0 Å². The van der Waals surface area contributed by atoms with Gasteiger partial charge >= 0.3 is 0 Å². The zero-order chi connectivity index (χ0) is 29.8. The number of carbonyl (C=O) groups is 4. The van der Waals surface area contributed by atoms with Crippen molar-refractivity contribution in [3.05, 3.63) is 54.1 Å². The molecule has 1 aliphatic heterocycles. The second-order valence-electron chi connectivity index (χ2n) is 10.3. The first-order valence-corrected chi connectivity index (χ1v) is 13.8. The van der Waals surface area contributed by atoms with Gasteiger partial charge in [0, 0.05) is 13.6 Å². The van der Waals surface area contributed by atoms with Crippen LogP contribution in [0.25, 0.3) is 0 Å². The number of nitrogens with one attached hydrogen (secondary N) is 3. The Labute approximate surface area is 240 Å². The molecule has 0 aliphatic carbocycles. The molecule has 2 aromatic rings. The Balaban J connectivity index is 1.70. The molecule has 0 saturated heterocycles. The predicted octanol–water partition coefficient (Wildman–Crippen LogP) is 2.15. The summed E-state index contributed by atoms with van der Waals surface area (Å²) in [6, 6.07) is 11.9. The maximum Gasteiger partial charge on any atom is 0.255 e. The van der Waals surface area contributed by atoms with Crippen LogP contribution in [0.5, 0.6) is 17.2 Å². The third-order valence-corrected chi connectivity index (χ3v) is 6.49. The van der Waals surface area contributed by atoms with Gasteiger partial charge in [0.1, 0.15) is 35.9 Å². The Morgan fingerprint density at radius 2 is 1.78 bits per heavy atom. The molecule has 11 heteroatoms. The van der Waals surface area contributed by atoms with Crippen LogP contribution < -0.4 is 30.2 Å². The molecule has 3 N–H and O–H groups in total. The van der Waals surface area contributed by atoms with Crippen LogP contribution in [-0.2, 0) is 14.4 Å². The van der Waals surface area contributed by atoms with Gasteiger partial charge in [0.15, 0.2) is 0 Å². The quantitative estimate of drug-likeness (QED) is 0.395. The molecule has 0 fully saturated rings. The van der Waals surface area contributed by atoms with E-state index in [1.165, 1.54) is 4.90 Å². The largest absolute Gasteiger partial charge is 0.497 e. The molecule has 222 valence electrons. The molecule has 2 atom stereocenters. The number of nitrogens with zero attached hydrogens (tertiary/aromatic N) is 1. The van der Waals surface area contributed by atoms with Crippen LogP contribution in [0, 0.1) is 5.92 Å². The summed E-state index contributed by atoms with van der Waals surface area (Å²) in [5.74, 6) is 0.0257. The number of rotatable bonds is 9. The third-order valence-electron chi connectivity index (χ3n) is 6.49. The summed E-state index contributed by atoms with van der Waals surface area (Å²) < 4.78 is 16.7. The Hall–Kier alpha value is -4.28. The summed E-state index contributed by atoms with van der Waals surface area (Å²) in [6.45, 7) is 4.95. The van der Waals surface area contributed by atoms with Gasteiger partial charge in [-0.1, -0.05) is 26.0 Å². The Kier molecular flexibility index (Phi) is 11.8. The zero-order valence-electron chi connectivity index (χ0n) is 24.1. The fraction of sp³-hybridized carbons (Fsp3) is 0.467. The number of para-hydroxylation sites is 1. The zero-order valence-corrected chi connectivity index (χ0v) is 24.1. The molecule has 41 heavy (non-hydrogen) atoms. The number of hydrogen-bond acceptors (Lipinski definition) is 7. The number of carbonyl (C=O) groups excluding carboxylic acids is 4. The second kappa shape index (κ2) is 15.5. The number of hydrogen-bond donors (Lipinski definition) is 3. The second-order valence-corrected chi connectivity index (χ2v) is 10.3. The predicted molar refractivity (Wildman–Crippen MR) is 153 cm³/mol. The molecule has 4 amide bonds. The summed E-state index contributed by atoms with van der Waals surface area (Å²) in [5, 5.41) is 8.23. The minimum absolute atomic E-state index is 0.138. The first-order valence-electron chi connectivity index (χ1n) is 13.8. The average Bonchev–Trinajstić information content (AvgIpc) is 2.95. The average molecular weight is 569 g/mol. The number of ether oxygens (including phenoxy) is 3. The molecule has 11 nitrogen and oxygen atoms in total. The molecule has 0 unspecified atom stereocenters. The van der Waals surface area contributed by atoms with E-state index in [0.29, 0.717) is 30.9 Å². The fourth-order valence-corrected chi connectivity index (χ4v) is 4.29. The van der Waals surface area contributed by atoms with Crippen LogP contribution in [0.1, 0.15) is 43.5 Å². The maximum absolute atomic E-state index is 13.2. The monoisotopic (exact) mass is 568 g/mol. The van der Waals surface area contributed by atoms with E-state index in [1.807, 2.05) is 13.8 Å². The highest BCUT2D eigenvalue weighted by Crippen LogP contribution is 2.19. The Morgan fingerprint density at radius 1 is 1.07 bits per heavy atom. The molecule has 0 radical (unpaired) electrons. The van der Waals surface area contributed by atoms with Crippen molar-refractivity contribution in [2.24, 2.45) is 5.92 Å². The van der Waals surface area contributed by atoms with E-state index in [-0.39, 0.29) is 43.5 Å². The van der Waals surface area contributed by atoms with Gasteiger partial charge < -0.3 is 35.1 Å². The summed E-state index contributed by atoms with van der Waals surface area (Å²) in [6.07, 6.45) is 0.586. The van der Waals surface area contributed by atoms with E-state index < -0.39 is 29.8 Å². The maximum atomic E-state index is 13.2. The van der Waals surface area contributed by atoms with E-state index in [4.69, 9.17) is 14.2 Å². The standard InChI is InChI=1S/C30H40N4O7/c1-20(2)18-25-30(38)34(3)15-17-41-26-9-6-5-8-23(26)28(36)33-24(19-27(35)32-25)29(37)31-14-7-16-40-22-12-10-21(39-4)11-13-22/h5-6,8-13,20,24-25H,7,14-19H2,1-4H3,(H,31,37)(H,32,35)(H,33,36)/t24-,25-/m0/s1. The smallest absolute Gasteiger partial charge is 0.255 e. The van der Waals surface area contributed by atoms with Gasteiger partial charge in [0.05, 0.1) is 32.2 Å². The first-order chi connectivity index (χ1) is 19.7. The lowest BCUT2D eigenvalue weighted by Gasteiger charge is -2.27. The number of likely N-dealkylation sites (N-methyl/N-ethyl adjacent to an activating group) is 1. The first kappa shape index (κ1) is 31.3. The van der Waals surface area contributed by atoms with Crippen LogP contribution in [-0.4, -0.2) is 81.1 Å². The molecule has 0 aromatic heterocycles. The van der Waals surface area contributed by atoms with Gasteiger partial charge in [-0.05, 0) is 55.2 Å². The molecular formula is C30H40N4O7. The van der Waals surface area contributed by atoms with Gasteiger partial charge in [-0.15, -0.1) is 0 Å². The number of methoxy groups -OCH3 is 1. The van der Waals surface area contributed by atoms with Crippen LogP contribution in [0.3, 0.4) is 0 Å². The van der Waals surface area contributed by atoms with Crippen molar-refractivity contribution in [3.63, 3.8) is 0 Å². The van der Waals surface area contributed by atoms with E-state index in [0.717, 1.165) is 5.75 Å². The molecule has 0 spiro atoms. The Morgan fingerprint density at radius 3 is 2.49 bits per heavy atom. The Bertz CT molecular complexity index is 1190. The van der Waals surface area contributed by atoms with Crippen LogP contribution >= 0.6 is 0 Å². The highest BCUT2D eigenvalue weighted by molar-refractivity contribution is 6.01. The highest BCUT2D eigenvalue weighted by Gasteiger charge is 2.30. The van der Waals surface area contributed by atoms with Gasteiger partial charge in [0.2, 0.25) is 17.7 Å². The van der Waals surface area contributed by atoms with Crippen molar-refractivity contribution in [2.75, 3.05) is 40.5 Å². The molecule has 0 bridgehead atoms.